The molecule has 0 radical (unpaired) electrons. The summed E-state index contributed by atoms with van der Waals surface area (Å²) in [4.78, 5) is 39.8. The predicted octanol–water partition coefficient (Wildman–Crippen LogP) is 2.90. The average Bonchev–Trinajstić information content (AvgIpc) is 2.65. The van der Waals surface area contributed by atoms with Crippen LogP contribution >= 0.6 is 11.6 Å². The van der Waals surface area contributed by atoms with Gasteiger partial charge < -0.3 is 14.9 Å². The van der Waals surface area contributed by atoms with Gasteiger partial charge in [0.2, 0.25) is 5.91 Å². The van der Waals surface area contributed by atoms with E-state index in [1.165, 1.54) is 4.90 Å². The zero-order valence-corrected chi connectivity index (χ0v) is 15.9. The fourth-order valence-electron chi connectivity index (χ4n) is 3.19. The van der Waals surface area contributed by atoms with Crippen molar-refractivity contribution in [2.45, 2.75) is 39.2 Å². The zero-order chi connectivity index (χ0) is 19.3. The van der Waals surface area contributed by atoms with E-state index in [0.29, 0.717) is 36.5 Å². The van der Waals surface area contributed by atoms with Crippen molar-refractivity contribution < 1.29 is 19.5 Å². The Kier molecular flexibility index (Phi) is 7.03. The monoisotopic (exact) mass is 380 g/mol. The van der Waals surface area contributed by atoms with Crippen LogP contribution in [0.5, 0.6) is 0 Å². The van der Waals surface area contributed by atoms with Gasteiger partial charge in [0.25, 0.3) is 5.91 Å². The molecule has 142 valence electrons. The lowest BCUT2D eigenvalue weighted by Gasteiger charge is -2.36. The largest absolute Gasteiger partial charge is 0.480 e. The Hall–Kier alpha value is -2.08. The number of carbonyl (C=O) groups excluding carboxylic acids is 2. The molecule has 1 aliphatic heterocycles. The fraction of sp³-hybridized carbons (Fsp3) is 0.526. The van der Waals surface area contributed by atoms with E-state index >= 15 is 0 Å². The SMILES string of the molecule is CCC(C)N(CC(=O)O)C(=O)C1CCCN(C(=O)c2ccc(Cl)cc2)C1. The van der Waals surface area contributed by atoms with Gasteiger partial charge in [-0.05, 0) is 50.5 Å². The van der Waals surface area contributed by atoms with Crippen molar-refractivity contribution in [2.24, 2.45) is 5.92 Å². The molecular formula is C19H25ClN2O4. The van der Waals surface area contributed by atoms with Crippen LogP contribution in [0.3, 0.4) is 0 Å². The number of carbonyl (C=O) groups is 3. The first-order valence-corrected chi connectivity index (χ1v) is 9.28. The third kappa shape index (κ3) is 4.97. The highest BCUT2D eigenvalue weighted by Crippen LogP contribution is 2.22. The van der Waals surface area contributed by atoms with Gasteiger partial charge in [0.05, 0.1) is 5.92 Å². The lowest BCUT2D eigenvalue weighted by molar-refractivity contribution is -0.149. The van der Waals surface area contributed by atoms with Crippen molar-refractivity contribution in [1.29, 1.82) is 0 Å². The molecule has 0 spiro atoms. The lowest BCUT2D eigenvalue weighted by Crippen LogP contribution is -2.50. The van der Waals surface area contributed by atoms with Gasteiger partial charge in [0, 0.05) is 29.7 Å². The molecule has 1 aromatic rings. The van der Waals surface area contributed by atoms with Crippen LogP contribution in [-0.4, -0.2) is 58.4 Å². The number of carboxylic acid groups (broad SMARTS) is 1. The molecular weight excluding hydrogens is 356 g/mol. The molecule has 0 aromatic heterocycles. The number of benzene rings is 1. The van der Waals surface area contributed by atoms with E-state index < -0.39 is 5.97 Å². The molecule has 1 N–H and O–H groups in total. The maximum Gasteiger partial charge on any atom is 0.323 e. The maximum absolute atomic E-state index is 12.9. The first-order chi connectivity index (χ1) is 12.3. The Morgan fingerprint density at radius 1 is 1.31 bits per heavy atom. The van der Waals surface area contributed by atoms with Crippen molar-refractivity contribution in [1.82, 2.24) is 9.80 Å². The maximum atomic E-state index is 12.9. The van der Waals surface area contributed by atoms with E-state index in [0.717, 1.165) is 6.42 Å². The van der Waals surface area contributed by atoms with Crippen LogP contribution in [0, 0.1) is 5.92 Å². The molecule has 2 amide bonds. The van der Waals surface area contributed by atoms with E-state index in [4.69, 9.17) is 16.7 Å². The summed E-state index contributed by atoms with van der Waals surface area (Å²) in [6, 6.07) is 6.52. The highest BCUT2D eigenvalue weighted by molar-refractivity contribution is 6.30. The molecule has 1 fully saturated rings. The average molecular weight is 381 g/mol. The van der Waals surface area contributed by atoms with Gasteiger partial charge in [0.15, 0.2) is 0 Å². The van der Waals surface area contributed by atoms with Gasteiger partial charge >= 0.3 is 5.97 Å². The van der Waals surface area contributed by atoms with Crippen molar-refractivity contribution in [3.05, 3.63) is 34.9 Å². The molecule has 0 saturated carbocycles. The number of aliphatic carboxylic acids is 1. The zero-order valence-electron chi connectivity index (χ0n) is 15.2. The molecule has 1 aromatic carbocycles. The molecule has 1 saturated heterocycles. The van der Waals surface area contributed by atoms with Crippen LogP contribution in [0.15, 0.2) is 24.3 Å². The number of likely N-dealkylation sites (tertiary alicyclic amines) is 1. The number of piperidine rings is 1. The minimum atomic E-state index is -1.02. The summed E-state index contributed by atoms with van der Waals surface area (Å²) >= 11 is 5.86. The number of nitrogens with zero attached hydrogens (tertiary/aromatic N) is 2. The van der Waals surface area contributed by atoms with Gasteiger partial charge in [-0.3, -0.25) is 14.4 Å². The number of carboxylic acids is 1. The van der Waals surface area contributed by atoms with Crippen molar-refractivity contribution in [3.63, 3.8) is 0 Å². The molecule has 2 unspecified atom stereocenters. The Balaban J connectivity index is 2.10. The van der Waals surface area contributed by atoms with E-state index in [1.54, 1.807) is 29.2 Å². The van der Waals surface area contributed by atoms with Gasteiger partial charge in [-0.2, -0.15) is 0 Å². The summed E-state index contributed by atoms with van der Waals surface area (Å²) in [5.41, 5.74) is 0.534. The molecule has 2 atom stereocenters. The number of rotatable bonds is 6. The fourth-order valence-corrected chi connectivity index (χ4v) is 3.32. The first-order valence-electron chi connectivity index (χ1n) is 8.90. The molecule has 7 heteroatoms. The molecule has 26 heavy (non-hydrogen) atoms. The Morgan fingerprint density at radius 2 is 1.96 bits per heavy atom. The summed E-state index contributed by atoms with van der Waals surface area (Å²) in [5, 5.41) is 9.68. The summed E-state index contributed by atoms with van der Waals surface area (Å²) < 4.78 is 0. The standard InChI is InChI=1S/C19H25ClN2O4/c1-3-13(2)22(12-17(23)24)19(26)15-5-4-10-21(11-15)18(25)14-6-8-16(20)9-7-14/h6-9,13,15H,3-5,10-12H2,1-2H3,(H,23,24). The second-order valence-electron chi connectivity index (χ2n) is 6.71. The molecule has 0 aliphatic carbocycles. The quantitative estimate of drug-likeness (QED) is 0.823. The van der Waals surface area contributed by atoms with Crippen molar-refractivity contribution in [2.75, 3.05) is 19.6 Å². The minimum absolute atomic E-state index is 0.132. The molecule has 0 bridgehead atoms. The lowest BCUT2D eigenvalue weighted by atomic mass is 9.95. The van der Waals surface area contributed by atoms with Gasteiger partial charge in [-0.1, -0.05) is 18.5 Å². The van der Waals surface area contributed by atoms with Crippen LogP contribution in [0.4, 0.5) is 0 Å². The van der Waals surface area contributed by atoms with Crippen molar-refractivity contribution >= 4 is 29.4 Å². The molecule has 6 nitrogen and oxygen atoms in total. The van der Waals surface area contributed by atoms with Gasteiger partial charge in [0.1, 0.15) is 6.54 Å². The van der Waals surface area contributed by atoms with Gasteiger partial charge in [-0.25, -0.2) is 0 Å². The Bertz CT molecular complexity index is 662. The summed E-state index contributed by atoms with van der Waals surface area (Å²) in [6.45, 7) is 4.36. The van der Waals surface area contributed by atoms with Crippen LogP contribution in [0.25, 0.3) is 0 Å². The van der Waals surface area contributed by atoms with Crippen LogP contribution in [0.1, 0.15) is 43.5 Å². The van der Waals surface area contributed by atoms with E-state index in [9.17, 15) is 14.4 Å². The summed E-state index contributed by atoms with van der Waals surface area (Å²) in [5.74, 6) is -1.71. The second-order valence-corrected chi connectivity index (χ2v) is 7.15. The third-order valence-electron chi connectivity index (χ3n) is 4.86. The Labute approximate surface area is 158 Å². The molecule has 2 rings (SSSR count). The van der Waals surface area contributed by atoms with Crippen molar-refractivity contribution in [3.8, 4) is 0 Å². The summed E-state index contributed by atoms with van der Waals surface area (Å²) in [7, 11) is 0. The highest BCUT2D eigenvalue weighted by Gasteiger charge is 2.33. The molecule has 1 heterocycles. The number of amides is 2. The number of hydrogen-bond acceptors (Lipinski definition) is 3. The van der Waals surface area contributed by atoms with Crippen LogP contribution in [-0.2, 0) is 9.59 Å². The summed E-state index contributed by atoms with van der Waals surface area (Å²) in [6.07, 6.45) is 2.06. The number of hydrogen-bond donors (Lipinski definition) is 1. The highest BCUT2D eigenvalue weighted by atomic mass is 35.5. The normalized spacial score (nSPS) is 18.3. The van der Waals surface area contributed by atoms with E-state index in [2.05, 4.69) is 0 Å². The van der Waals surface area contributed by atoms with E-state index in [-0.39, 0.29) is 30.3 Å². The number of halogens is 1. The minimum Gasteiger partial charge on any atom is -0.480 e. The van der Waals surface area contributed by atoms with Gasteiger partial charge in [-0.15, -0.1) is 0 Å². The first kappa shape index (κ1) is 20.2. The predicted molar refractivity (Wildman–Crippen MR) is 99.2 cm³/mol. The third-order valence-corrected chi connectivity index (χ3v) is 5.11. The topological polar surface area (TPSA) is 77.9 Å². The van der Waals surface area contributed by atoms with E-state index in [1.807, 2.05) is 13.8 Å². The Morgan fingerprint density at radius 3 is 2.54 bits per heavy atom. The van der Waals surface area contributed by atoms with Crippen LogP contribution < -0.4 is 0 Å². The van der Waals surface area contributed by atoms with Crippen LogP contribution in [0.2, 0.25) is 5.02 Å². The molecule has 1 aliphatic rings. The second kappa shape index (κ2) is 9.03. The smallest absolute Gasteiger partial charge is 0.323 e.